The molecule has 3 rings (SSSR count). The number of anilines is 1. The molecular weight excluding hydrogens is 374 g/mol. The number of hydrogen-bond donors (Lipinski definition) is 1. The molecule has 1 aromatic heterocycles. The Balaban J connectivity index is 1.78. The van der Waals surface area contributed by atoms with Crippen molar-refractivity contribution in [2.75, 3.05) is 12.4 Å². The Hall–Kier alpha value is -2.05. The van der Waals surface area contributed by atoms with E-state index in [2.05, 4.69) is 5.32 Å². The number of aryl methyl sites for hydroxylation is 1. The molecule has 1 aromatic carbocycles. The maximum Gasteiger partial charge on any atom is 0.341 e. The Morgan fingerprint density at radius 1 is 1.27 bits per heavy atom. The van der Waals surface area contributed by atoms with Gasteiger partial charge in [0.2, 0.25) is 0 Å². The highest BCUT2D eigenvalue weighted by molar-refractivity contribution is 7.17. The first kappa shape index (κ1) is 18.7. The zero-order valence-electron chi connectivity index (χ0n) is 14.6. The van der Waals surface area contributed by atoms with Crippen molar-refractivity contribution in [2.45, 2.75) is 38.7 Å². The van der Waals surface area contributed by atoms with Crippen LogP contribution in [-0.4, -0.2) is 25.1 Å². The van der Waals surface area contributed by atoms with Gasteiger partial charge in [-0.3, -0.25) is 4.79 Å². The molecule has 0 unspecified atom stereocenters. The number of esters is 1. The number of benzene rings is 1. The van der Waals surface area contributed by atoms with Crippen LogP contribution in [0.25, 0.3) is 0 Å². The number of hydrogen-bond acceptors (Lipinski definition) is 5. The van der Waals surface area contributed by atoms with Crippen LogP contribution < -0.4 is 10.1 Å². The molecule has 1 atom stereocenters. The summed E-state index contributed by atoms with van der Waals surface area (Å²) in [4.78, 5) is 25.9. The lowest BCUT2D eigenvalue weighted by molar-refractivity contribution is -0.122. The molecule has 138 valence electrons. The van der Waals surface area contributed by atoms with Crippen molar-refractivity contribution < 1.29 is 19.1 Å². The summed E-state index contributed by atoms with van der Waals surface area (Å²) in [5, 5.41) is 3.91. The Morgan fingerprint density at radius 2 is 2.04 bits per heavy atom. The van der Waals surface area contributed by atoms with Crippen LogP contribution >= 0.6 is 22.9 Å². The smallest absolute Gasteiger partial charge is 0.341 e. The second-order valence-corrected chi connectivity index (χ2v) is 7.65. The van der Waals surface area contributed by atoms with Crippen LogP contribution in [-0.2, 0) is 22.4 Å². The van der Waals surface area contributed by atoms with Crippen molar-refractivity contribution in [3.63, 3.8) is 0 Å². The molecule has 1 aliphatic rings. The number of carbonyl (C=O) groups is 2. The Morgan fingerprint density at radius 3 is 2.77 bits per heavy atom. The standard InChI is InChI=1S/C19H20ClNO4S/c1-11(25-13-7-5-6-12(20)10-13)17(22)21-18-16(19(23)24-2)14-8-3-4-9-15(14)26-18/h5-7,10-11H,3-4,8-9H2,1-2H3,(H,21,22)/t11-/m1/s1. The van der Waals surface area contributed by atoms with Gasteiger partial charge >= 0.3 is 5.97 Å². The normalized spacial score (nSPS) is 14.3. The zero-order chi connectivity index (χ0) is 18.7. The third-order valence-electron chi connectivity index (χ3n) is 4.28. The number of amides is 1. The van der Waals surface area contributed by atoms with E-state index in [4.69, 9.17) is 21.1 Å². The molecule has 5 nitrogen and oxygen atoms in total. The Labute approximate surface area is 161 Å². The van der Waals surface area contributed by atoms with Crippen molar-refractivity contribution in [2.24, 2.45) is 0 Å². The second kappa shape index (κ2) is 8.10. The van der Waals surface area contributed by atoms with Crippen LogP contribution in [0.3, 0.4) is 0 Å². The van der Waals surface area contributed by atoms with E-state index < -0.39 is 12.1 Å². The lowest BCUT2D eigenvalue weighted by Crippen LogP contribution is -2.30. The van der Waals surface area contributed by atoms with E-state index in [1.54, 1.807) is 31.2 Å². The molecule has 0 aliphatic heterocycles. The van der Waals surface area contributed by atoms with E-state index in [0.29, 0.717) is 21.3 Å². The average molecular weight is 394 g/mol. The molecule has 2 aromatic rings. The first-order chi connectivity index (χ1) is 12.5. The maximum atomic E-state index is 12.6. The minimum atomic E-state index is -0.738. The minimum absolute atomic E-state index is 0.325. The molecule has 0 saturated heterocycles. The summed E-state index contributed by atoms with van der Waals surface area (Å²) in [5.41, 5.74) is 1.49. The zero-order valence-corrected chi connectivity index (χ0v) is 16.2. The summed E-state index contributed by atoms with van der Waals surface area (Å²) >= 11 is 7.39. The van der Waals surface area contributed by atoms with Crippen molar-refractivity contribution in [1.82, 2.24) is 0 Å². The Kier molecular flexibility index (Phi) is 5.84. The fourth-order valence-electron chi connectivity index (χ4n) is 2.98. The fraction of sp³-hybridized carbons (Fsp3) is 0.368. The van der Waals surface area contributed by atoms with Gasteiger partial charge in [0.15, 0.2) is 6.10 Å². The number of methoxy groups -OCH3 is 1. The van der Waals surface area contributed by atoms with Crippen molar-refractivity contribution in [3.8, 4) is 5.75 Å². The largest absolute Gasteiger partial charge is 0.481 e. The molecular formula is C19H20ClNO4S. The van der Waals surface area contributed by atoms with Gasteiger partial charge in [-0.25, -0.2) is 4.79 Å². The minimum Gasteiger partial charge on any atom is -0.481 e. The number of thiophene rings is 1. The van der Waals surface area contributed by atoms with Crippen LogP contribution in [0.4, 0.5) is 5.00 Å². The summed E-state index contributed by atoms with van der Waals surface area (Å²) < 4.78 is 10.6. The second-order valence-electron chi connectivity index (χ2n) is 6.11. The molecule has 1 aliphatic carbocycles. The summed E-state index contributed by atoms with van der Waals surface area (Å²) in [6.07, 6.45) is 3.15. The quantitative estimate of drug-likeness (QED) is 0.761. The lowest BCUT2D eigenvalue weighted by Gasteiger charge is -2.15. The predicted octanol–water partition coefficient (Wildman–Crippen LogP) is 4.47. The van der Waals surface area contributed by atoms with Crippen LogP contribution in [0.2, 0.25) is 5.02 Å². The average Bonchev–Trinajstić information content (AvgIpc) is 2.98. The van der Waals surface area contributed by atoms with E-state index in [0.717, 1.165) is 36.1 Å². The number of halogens is 1. The third-order valence-corrected chi connectivity index (χ3v) is 5.72. The van der Waals surface area contributed by atoms with E-state index in [1.165, 1.54) is 18.4 Å². The highest BCUT2D eigenvalue weighted by Gasteiger charge is 2.28. The fourth-order valence-corrected chi connectivity index (χ4v) is 4.44. The molecule has 0 fully saturated rings. The molecule has 0 radical (unpaired) electrons. The highest BCUT2D eigenvalue weighted by atomic mass is 35.5. The topological polar surface area (TPSA) is 64.6 Å². The van der Waals surface area contributed by atoms with E-state index >= 15 is 0 Å². The highest BCUT2D eigenvalue weighted by Crippen LogP contribution is 2.38. The van der Waals surface area contributed by atoms with E-state index in [9.17, 15) is 9.59 Å². The molecule has 0 spiro atoms. The van der Waals surface area contributed by atoms with Crippen molar-refractivity contribution in [3.05, 3.63) is 45.3 Å². The number of carbonyl (C=O) groups excluding carboxylic acids is 2. The lowest BCUT2D eigenvalue weighted by atomic mass is 9.95. The van der Waals surface area contributed by atoms with Crippen LogP contribution in [0.15, 0.2) is 24.3 Å². The van der Waals surface area contributed by atoms with Gasteiger partial charge in [0.25, 0.3) is 5.91 Å². The Bertz CT molecular complexity index is 833. The van der Waals surface area contributed by atoms with Gasteiger partial charge in [-0.1, -0.05) is 17.7 Å². The van der Waals surface area contributed by atoms with Crippen molar-refractivity contribution >= 4 is 39.8 Å². The van der Waals surface area contributed by atoms with Gasteiger partial charge in [0.05, 0.1) is 12.7 Å². The van der Waals surface area contributed by atoms with Crippen LogP contribution in [0.5, 0.6) is 5.75 Å². The molecule has 0 bridgehead atoms. The third kappa shape index (κ3) is 4.02. The number of ether oxygens (including phenoxy) is 2. The van der Waals surface area contributed by atoms with E-state index in [1.807, 2.05) is 0 Å². The number of fused-ring (bicyclic) bond motifs is 1. The predicted molar refractivity (Wildman–Crippen MR) is 102 cm³/mol. The van der Waals surface area contributed by atoms with E-state index in [-0.39, 0.29) is 5.91 Å². The summed E-state index contributed by atoms with van der Waals surface area (Å²) in [5.74, 6) is -0.226. The molecule has 1 heterocycles. The first-order valence-corrected chi connectivity index (χ1v) is 9.65. The number of nitrogens with one attached hydrogen (secondary N) is 1. The van der Waals surface area contributed by atoms with Gasteiger partial charge in [0.1, 0.15) is 10.8 Å². The van der Waals surface area contributed by atoms with Crippen molar-refractivity contribution in [1.29, 1.82) is 0 Å². The van der Waals surface area contributed by atoms with Gasteiger partial charge in [-0.2, -0.15) is 0 Å². The molecule has 0 saturated carbocycles. The first-order valence-electron chi connectivity index (χ1n) is 8.45. The van der Waals surface area contributed by atoms with Crippen LogP contribution in [0.1, 0.15) is 40.6 Å². The summed E-state index contributed by atoms with van der Waals surface area (Å²) in [6, 6.07) is 6.87. The van der Waals surface area contributed by atoms with Gasteiger partial charge < -0.3 is 14.8 Å². The van der Waals surface area contributed by atoms with Crippen LogP contribution in [0, 0.1) is 0 Å². The summed E-state index contributed by atoms with van der Waals surface area (Å²) in [7, 11) is 1.35. The molecule has 26 heavy (non-hydrogen) atoms. The summed E-state index contributed by atoms with van der Waals surface area (Å²) in [6.45, 7) is 1.65. The number of rotatable bonds is 5. The maximum absolute atomic E-state index is 12.6. The monoisotopic (exact) mass is 393 g/mol. The van der Waals surface area contributed by atoms with Gasteiger partial charge in [0, 0.05) is 9.90 Å². The van der Waals surface area contributed by atoms with Gasteiger partial charge in [-0.15, -0.1) is 11.3 Å². The molecule has 1 amide bonds. The molecule has 1 N–H and O–H groups in total. The van der Waals surface area contributed by atoms with Gasteiger partial charge in [-0.05, 0) is 56.4 Å². The SMILES string of the molecule is COC(=O)c1c(NC(=O)[C@@H](C)Oc2cccc(Cl)c2)sc2c1CCCC2. The molecule has 7 heteroatoms.